The number of ether oxygens (including phenoxy) is 1. The van der Waals surface area contributed by atoms with Crippen molar-refractivity contribution in [1.82, 2.24) is 0 Å². The summed E-state index contributed by atoms with van der Waals surface area (Å²) in [6.45, 7) is 0. The van der Waals surface area contributed by atoms with Gasteiger partial charge in [-0.2, -0.15) is 0 Å². The van der Waals surface area contributed by atoms with Crippen molar-refractivity contribution in [3.05, 3.63) is 23.3 Å². The Morgan fingerprint density at radius 1 is 1.46 bits per heavy atom. The summed E-state index contributed by atoms with van der Waals surface area (Å²) in [4.78, 5) is 0. The van der Waals surface area contributed by atoms with Crippen LogP contribution in [0.5, 0.6) is 11.5 Å². The molecule has 0 spiro atoms. The van der Waals surface area contributed by atoms with E-state index in [0.717, 1.165) is 0 Å². The molecule has 0 saturated carbocycles. The Morgan fingerprint density at radius 3 is 2.92 bits per heavy atom. The van der Waals surface area contributed by atoms with Gasteiger partial charge in [0.15, 0.2) is 0 Å². The van der Waals surface area contributed by atoms with Gasteiger partial charge in [0.25, 0.3) is 0 Å². The number of hydrogen-bond acceptors (Lipinski definition) is 3. The van der Waals surface area contributed by atoms with E-state index in [1.807, 2.05) is 0 Å². The highest BCUT2D eigenvalue weighted by Crippen LogP contribution is 2.38. The second-order valence-corrected chi connectivity index (χ2v) is 3.45. The van der Waals surface area contributed by atoms with Crippen molar-refractivity contribution in [3.8, 4) is 11.5 Å². The number of benzene rings is 1. The molecule has 0 aliphatic rings. The van der Waals surface area contributed by atoms with Crippen LogP contribution in [0.1, 0.15) is 0 Å². The maximum atomic E-state index is 13.2. The van der Waals surface area contributed by atoms with Crippen LogP contribution in [0.15, 0.2) is 17.5 Å². The quantitative estimate of drug-likeness (QED) is 0.763. The number of thiophene rings is 1. The lowest BCUT2D eigenvalue weighted by Crippen LogP contribution is -1.83. The summed E-state index contributed by atoms with van der Waals surface area (Å²) in [7, 11) is 1.52. The number of halogens is 1. The number of fused-ring (bicyclic) bond motifs is 1. The van der Waals surface area contributed by atoms with Crippen LogP contribution in [-0.4, -0.2) is 12.2 Å². The first kappa shape index (κ1) is 8.31. The Bertz CT molecular complexity index is 450. The maximum absolute atomic E-state index is 13.2. The Balaban J connectivity index is 2.87. The highest BCUT2D eigenvalue weighted by atomic mass is 32.1. The van der Waals surface area contributed by atoms with Gasteiger partial charge >= 0.3 is 0 Å². The van der Waals surface area contributed by atoms with Crippen LogP contribution >= 0.6 is 11.3 Å². The van der Waals surface area contributed by atoms with Crippen LogP contribution in [0, 0.1) is 5.82 Å². The van der Waals surface area contributed by atoms with Gasteiger partial charge in [-0.3, -0.25) is 0 Å². The summed E-state index contributed by atoms with van der Waals surface area (Å²) in [5.74, 6) is 0.132. The summed E-state index contributed by atoms with van der Waals surface area (Å²) < 4.78 is 18.9. The molecule has 4 heteroatoms. The van der Waals surface area contributed by atoms with Gasteiger partial charge in [-0.1, -0.05) is 0 Å². The molecule has 1 aromatic heterocycles. The van der Waals surface area contributed by atoms with Gasteiger partial charge in [0.2, 0.25) is 0 Å². The van der Waals surface area contributed by atoms with Crippen LogP contribution in [0.3, 0.4) is 0 Å². The molecule has 1 aromatic carbocycles. The van der Waals surface area contributed by atoms with Crippen molar-refractivity contribution in [2.24, 2.45) is 0 Å². The van der Waals surface area contributed by atoms with Crippen molar-refractivity contribution in [2.45, 2.75) is 0 Å². The normalized spacial score (nSPS) is 10.6. The van der Waals surface area contributed by atoms with Crippen molar-refractivity contribution in [1.29, 1.82) is 0 Å². The van der Waals surface area contributed by atoms with Crippen LogP contribution in [0.25, 0.3) is 10.1 Å². The van der Waals surface area contributed by atoms with Gasteiger partial charge in [0, 0.05) is 5.38 Å². The predicted octanol–water partition coefficient (Wildman–Crippen LogP) is 2.75. The fourth-order valence-corrected chi connectivity index (χ4v) is 2.16. The number of rotatable bonds is 1. The number of methoxy groups -OCH3 is 1. The second-order valence-electron chi connectivity index (χ2n) is 2.57. The highest BCUT2D eigenvalue weighted by molar-refractivity contribution is 7.18. The minimum absolute atomic E-state index is 0.0311. The molecule has 2 rings (SSSR count). The first-order valence-corrected chi connectivity index (χ1v) is 4.54. The first-order valence-electron chi connectivity index (χ1n) is 3.66. The van der Waals surface area contributed by atoms with E-state index in [4.69, 9.17) is 4.74 Å². The summed E-state index contributed by atoms with van der Waals surface area (Å²) in [6.07, 6.45) is 0. The average Bonchev–Trinajstić information content (AvgIpc) is 2.50. The Morgan fingerprint density at radius 2 is 2.23 bits per heavy atom. The molecular formula is C9H7FO2S. The average molecular weight is 198 g/mol. The van der Waals surface area contributed by atoms with Gasteiger partial charge in [-0.15, -0.1) is 11.3 Å². The lowest BCUT2D eigenvalue weighted by atomic mass is 10.2. The third kappa shape index (κ3) is 1.14. The van der Waals surface area contributed by atoms with Crippen molar-refractivity contribution in [2.75, 3.05) is 7.11 Å². The fourth-order valence-electron chi connectivity index (χ4n) is 1.23. The van der Waals surface area contributed by atoms with Crippen LogP contribution in [0.2, 0.25) is 0 Å². The maximum Gasteiger partial charge on any atom is 0.137 e. The fraction of sp³-hybridized carbons (Fsp3) is 0.111. The molecule has 1 heterocycles. The van der Waals surface area contributed by atoms with Gasteiger partial charge in [-0.25, -0.2) is 4.39 Å². The zero-order valence-corrected chi connectivity index (χ0v) is 7.69. The summed E-state index contributed by atoms with van der Waals surface area (Å²) in [6, 6.07) is 2.83. The number of aromatic hydroxyl groups is 1. The van der Waals surface area contributed by atoms with Gasteiger partial charge in [0.05, 0.1) is 17.2 Å². The highest BCUT2D eigenvalue weighted by Gasteiger charge is 2.11. The third-order valence-electron chi connectivity index (χ3n) is 1.84. The minimum atomic E-state index is -0.422. The molecule has 0 atom stereocenters. The smallest absolute Gasteiger partial charge is 0.137 e. The van der Waals surface area contributed by atoms with E-state index in [1.54, 1.807) is 6.07 Å². The molecule has 2 nitrogen and oxygen atoms in total. The minimum Gasteiger partial charge on any atom is -0.506 e. The zero-order valence-electron chi connectivity index (χ0n) is 6.87. The summed E-state index contributed by atoms with van der Waals surface area (Å²) >= 11 is 1.26. The molecular weight excluding hydrogens is 191 g/mol. The van der Waals surface area contributed by atoms with E-state index in [9.17, 15) is 9.50 Å². The molecule has 0 radical (unpaired) electrons. The first-order chi connectivity index (χ1) is 6.24. The van der Waals surface area contributed by atoms with E-state index >= 15 is 0 Å². The molecule has 0 fully saturated rings. The van der Waals surface area contributed by atoms with E-state index in [2.05, 4.69) is 0 Å². The SMILES string of the molecule is COc1ccc(F)c2c(O)csc12. The van der Waals surface area contributed by atoms with Crippen LogP contribution in [0.4, 0.5) is 4.39 Å². The molecule has 13 heavy (non-hydrogen) atoms. The third-order valence-corrected chi connectivity index (χ3v) is 2.82. The molecule has 0 saturated heterocycles. The summed E-state index contributed by atoms with van der Waals surface area (Å²) in [5, 5.41) is 11.1. The van der Waals surface area contributed by atoms with Crippen molar-refractivity contribution >= 4 is 21.4 Å². The second kappa shape index (κ2) is 2.88. The molecule has 2 aromatic rings. The Hall–Kier alpha value is -1.29. The van der Waals surface area contributed by atoms with E-state index < -0.39 is 5.82 Å². The monoisotopic (exact) mass is 198 g/mol. The summed E-state index contributed by atoms with van der Waals surface area (Å²) in [5.41, 5.74) is 0. The van der Waals surface area contributed by atoms with Gasteiger partial charge in [0.1, 0.15) is 17.3 Å². The largest absolute Gasteiger partial charge is 0.506 e. The number of hydrogen-bond donors (Lipinski definition) is 1. The molecule has 68 valence electrons. The lowest BCUT2D eigenvalue weighted by molar-refractivity contribution is 0.419. The van der Waals surface area contributed by atoms with E-state index in [1.165, 1.54) is 29.9 Å². The van der Waals surface area contributed by atoms with E-state index in [0.29, 0.717) is 10.4 Å². The molecule has 1 N–H and O–H groups in total. The predicted molar refractivity (Wildman–Crippen MR) is 50.0 cm³/mol. The van der Waals surface area contributed by atoms with Crippen LogP contribution in [-0.2, 0) is 0 Å². The van der Waals surface area contributed by atoms with Crippen molar-refractivity contribution in [3.63, 3.8) is 0 Å². The van der Waals surface area contributed by atoms with Gasteiger partial charge < -0.3 is 9.84 Å². The molecule has 0 unspecified atom stereocenters. The molecule has 0 amide bonds. The lowest BCUT2D eigenvalue weighted by Gasteiger charge is -2.01. The molecule has 0 bridgehead atoms. The topological polar surface area (TPSA) is 29.5 Å². The zero-order chi connectivity index (χ0) is 9.42. The van der Waals surface area contributed by atoms with Gasteiger partial charge in [-0.05, 0) is 12.1 Å². The van der Waals surface area contributed by atoms with Crippen molar-refractivity contribution < 1.29 is 14.2 Å². The standard InChI is InChI=1S/C9H7FO2S/c1-12-7-3-2-5(10)8-6(11)4-13-9(7)8/h2-4,11H,1H3. The Kier molecular flexibility index (Phi) is 1.84. The van der Waals surface area contributed by atoms with E-state index in [-0.39, 0.29) is 11.1 Å². The Labute approximate surface area is 78.2 Å². The van der Waals surface area contributed by atoms with Crippen LogP contribution < -0.4 is 4.74 Å². The molecule has 0 aliphatic carbocycles. The molecule has 0 aliphatic heterocycles.